The summed E-state index contributed by atoms with van der Waals surface area (Å²) in [6, 6.07) is 3.89. The minimum atomic E-state index is -0.0491. The lowest BCUT2D eigenvalue weighted by Crippen LogP contribution is -2.26. The van der Waals surface area contributed by atoms with Crippen LogP contribution in [0.15, 0.2) is 18.3 Å². The summed E-state index contributed by atoms with van der Waals surface area (Å²) in [5.41, 5.74) is 1.08. The second kappa shape index (κ2) is 13.2. The fraction of sp³-hybridized carbons (Fsp3) is 0.786. The fourth-order valence-electron chi connectivity index (χ4n) is 5.64. The van der Waals surface area contributed by atoms with Gasteiger partial charge in [0.25, 0.3) is 0 Å². The van der Waals surface area contributed by atoms with Crippen molar-refractivity contribution in [3.8, 4) is 5.75 Å². The van der Waals surface area contributed by atoms with E-state index in [1.165, 1.54) is 77.0 Å². The number of carbonyl (C=O) groups excluding carboxylic acids is 1. The largest absolute Gasteiger partial charge is 0.425 e. The molecule has 2 fully saturated rings. The SMILES string of the molecule is CCCCc1ccc(OC(=O)C2CCC(CCC3CCC(CCCC)CC3)CC2)cn1. The number of aromatic nitrogens is 1. The summed E-state index contributed by atoms with van der Waals surface area (Å²) in [4.78, 5) is 17.0. The van der Waals surface area contributed by atoms with Crippen molar-refractivity contribution in [3.05, 3.63) is 24.0 Å². The highest BCUT2D eigenvalue weighted by atomic mass is 16.5. The average molecular weight is 428 g/mol. The summed E-state index contributed by atoms with van der Waals surface area (Å²) in [5.74, 6) is 3.43. The predicted octanol–water partition coefficient (Wildman–Crippen LogP) is 7.91. The van der Waals surface area contributed by atoms with Crippen LogP contribution in [-0.2, 0) is 11.2 Å². The molecule has 0 bridgehead atoms. The van der Waals surface area contributed by atoms with Crippen LogP contribution in [0.3, 0.4) is 0 Å². The molecule has 0 amide bonds. The first kappa shape index (κ1) is 24.3. The van der Waals surface area contributed by atoms with Gasteiger partial charge in [0.2, 0.25) is 0 Å². The average Bonchev–Trinajstić information content (AvgIpc) is 2.82. The molecule has 2 saturated carbocycles. The first-order valence-electron chi connectivity index (χ1n) is 13.3. The van der Waals surface area contributed by atoms with Crippen molar-refractivity contribution in [2.75, 3.05) is 0 Å². The van der Waals surface area contributed by atoms with Crippen molar-refractivity contribution in [3.63, 3.8) is 0 Å². The van der Waals surface area contributed by atoms with E-state index in [1.54, 1.807) is 6.20 Å². The number of hydrogen-bond acceptors (Lipinski definition) is 3. The molecule has 2 aliphatic rings. The van der Waals surface area contributed by atoms with Crippen LogP contribution in [0.1, 0.15) is 116 Å². The normalized spacial score (nSPS) is 26.5. The molecule has 1 aromatic heterocycles. The van der Waals surface area contributed by atoms with Gasteiger partial charge in [0.15, 0.2) is 0 Å². The van der Waals surface area contributed by atoms with Gasteiger partial charge in [0.05, 0.1) is 12.1 Å². The Kier molecular flexibility index (Phi) is 10.4. The van der Waals surface area contributed by atoms with Gasteiger partial charge >= 0.3 is 5.97 Å². The van der Waals surface area contributed by atoms with E-state index in [0.717, 1.165) is 49.1 Å². The number of rotatable bonds is 11. The van der Waals surface area contributed by atoms with Crippen LogP contribution in [0.25, 0.3) is 0 Å². The molecule has 1 heterocycles. The van der Waals surface area contributed by atoms with E-state index < -0.39 is 0 Å². The molecule has 0 saturated heterocycles. The second-order valence-corrected chi connectivity index (χ2v) is 10.3. The van der Waals surface area contributed by atoms with Crippen LogP contribution in [0.2, 0.25) is 0 Å². The minimum Gasteiger partial charge on any atom is -0.425 e. The van der Waals surface area contributed by atoms with E-state index in [1.807, 2.05) is 12.1 Å². The van der Waals surface area contributed by atoms with Gasteiger partial charge in [-0.3, -0.25) is 9.78 Å². The molecular weight excluding hydrogens is 382 g/mol. The van der Waals surface area contributed by atoms with Gasteiger partial charge in [-0.05, 0) is 68.4 Å². The molecule has 174 valence electrons. The summed E-state index contributed by atoms with van der Waals surface area (Å²) in [6.07, 6.45) is 22.3. The van der Waals surface area contributed by atoms with E-state index in [4.69, 9.17) is 4.74 Å². The molecule has 0 radical (unpaired) electrons. The van der Waals surface area contributed by atoms with Crippen molar-refractivity contribution < 1.29 is 9.53 Å². The molecule has 3 nitrogen and oxygen atoms in total. The van der Waals surface area contributed by atoms with Crippen molar-refractivity contribution in [1.82, 2.24) is 4.98 Å². The van der Waals surface area contributed by atoms with Gasteiger partial charge in [-0.15, -0.1) is 0 Å². The highest BCUT2D eigenvalue weighted by Crippen LogP contribution is 2.38. The molecule has 0 aliphatic heterocycles. The molecular formula is C28H45NO2. The number of hydrogen-bond donors (Lipinski definition) is 0. The molecule has 2 aliphatic carbocycles. The Morgan fingerprint density at radius 3 is 1.97 bits per heavy atom. The highest BCUT2D eigenvalue weighted by Gasteiger charge is 2.29. The summed E-state index contributed by atoms with van der Waals surface area (Å²) in [7, 11) is 0. The molecule has 31 heavy (non-hydrogen) atoms. The van der Waals surface area contributed by atoms with Gasteiger partial charge < -0.3 is 4.74 Å². The third-order valence-electron chi connectivity index (χ3n) is 7.90. The maximum atomic E-state index is 12.6. The van der Waals surface area contributed by atoms with Crippen LogP contribution in [0, 0.1) is 23.7 Å². The molecule has 0 unspecified atom stereocenters. The van der Waals surface area contributed by atoms with Crippen molar-refractivity contribution in [2.45, 2.75) is 117 Å². The smallest absolute Gasteiger partial charge is 0.314 e. The Morgan fingerprint density at radius 1 is 0.839 bits per heavy atom. The van der Waals surface area contributed by atoms with Crippen LogP contribution >= 0.6 is 0 Å². The lowest BCUT2D eigenvalue weighted by atomic mass is 9.75. The number of ether oxygens (including phenoxy) is 1. The molecule has 3 heteroatoms. The van der Waals surface area contributed by atoms with Crippen molar-refractivity contribution in [1.29, 1.82) is 0 Å². The van der Waals surface area contributed by atoms with Crippen LogP contribution in [0.5, 0.6) is 5.75 Å². The number of nitrogens with zero attached hydrogens (tertiary/aromatic N) is 1. The van der Waals surface area contributed by atoms with E-state index in [9.17, 15) is 4.79 Å². The molecule has 0 atom stereocenters. The van der Waals surface area contributed by atoms with Crippen molar-refractivity contribution >= 4 is 5.97 Å². The van der Waals surface area contributed by atoms with Gasteiger partial charge in [-0.2, -0.15) is 0 Å². The van der Waals surface area contributed by atoms with E-state index in [2.05, 4.69) is 18.8 Å². The number of carbonyl (C=O) groups is 1. The van der Waals surface area contributed by atoms with Crippen LogP contribution < -0.4 is 4.74 Å². The number of esters is 1. The fourth-order valence-corrected chi connectivity index (χ4v) is 5.64. The van der Waals surface area contributed by atoms with E-state index in [-0.39, 0.29) is 11.9 Å². The van der Waals surface area contributed by atoms with E-state index in [0.29, 0.717) is 5.75 Å². The third kappa shape index (κ3) is 8.24. The Hall–Kier alpha value is -1.38. The molecule has 0 aromatic carbocycles. The molecule has 1 aromatic rings. The Bertz CT molecular complexity index is 625. The van der Waals surface area contributed by atoms with Crippen LogP contribution in [0.4, 0.5) is 0 Å². The zero-order chi connectivity index (χ0) is 21.9. The maximum Gasteiger partial charge on any atom is 0.314 e. The Labute approximate surface area is 190 Å². The Balaban J connectivity index is 1.31. The first-order chi connectivity index (χ1) is 15.2. The zero-order valence-electron chi connectivity index (χ0n) is 20.1. The van der Waals surface area contributed by atoms with Crippen LogP contribution in [-0.4, -0.2) is 11.0 Å². The van der Waals surface area contributed by atoms with Crippen molar-refractivity contribution in [2.24, 2.45) is 23.7 Å². The maximum absolute atomic E-state index is 12.6. The van der Waals surface area contributed by atoms with Gasteiger partial charge in [0, 0.05) is 5.69 Å². The summed E-state index contributed by atoms with van der Waals surface area (Å²) < 4.78 is 5.64. The molecule has 0 spiro atoms. The summed E-state index contributed by atoms with van der Waals surface area (Å²) in [6.45, 7) is 4.49. The number of pyridine rings is 1. The highest BCUT2D eigenvalue weighted by molar-refractivity contribution is 5.75. The zero-order valence-corrected chi connectivity index (χ0v) is 20.1. The van der Waals surface area contributed by atoms with Gasteiger partial charge in [-0.25, -0.2) is 0 Å². The van der Waals surface area contributed by atoms with E-state index >= 15 is 0 Å². The Morgan fingerprint density at radius 2 is 1.42 bits per heavy atom. The quantitative estimate of drug-likeness (QED) is 0.337. The molecule has 3 rings (SSSR count). The van der Waals surface area contributed by atoms with Gasteiger partial charge in [-0.1, -0.05) is 78.1 Å². The monoisotopic (exact) mass is 427 g/mol. The number of aryl methyl sites for hydroxylation is 1. The lowest BCUT2D eigenvalue weighted by molar-refractivity contribution is -0.140. The number of unbranched alkanes of at least 4 members (excludes halogenated alkanes) is 2. The lowest BCUT2D eigenvalue weighted by Gasteiger charge is -2.31. The summed E-state index contributed by atoms with van der Waals surface area (Å²) >= 11 is 0. The second-order valence-electron chi connectivity index (χ2n) is 10.3. The summed E-state index contributed by atoms with van der Waals surface area (Å²) in [5, 5.41) is 0. The predicted molar refractivity (Wildman–Crippen MR) is 128 cm³/mol. The first-order valence-corrected chi connectivity index (χ1v) is 13.3. The molecule has 0 N–H and O–H groups in total. The minimum absolute atomic E-state index is 0.0491. The standard InChI is InChI=1S/C28H45NO2/c1-3-5-7-22-9-11-23(12-10-22)13-14-24-15-17-25(18-16-24)28(30)31-27-20-19-26(29-21-27)8-6-4-2/h19-25H,3-18H2,1-2H3. The topological polar surface area (TPSA) is 39.2 Å². The third-order valence-corrected chi connectivity index (χ3v) is 7.90. The van der Waals surface area contributed by atoms with Gasteiger partial charge in [0.1, 0.15) is 5.75 Å².